The fourth-order valence-corrected chi connectivity index (χ4v) is 3.86. The van der Waals surface area contributed by atoms with Gasteiger partial charge >= 0.3 is 0 Å². The maximum absolute atomic E-state index is 12.3. The predicted octanol–water partition coefficient (Wildman–Crippen LogP) is -1.08. The monoisotopic (exact) mass is 333 g/mol. The van der Waals surface area contributed by atoms with Crippen LogP contribution in [0.2, 0.25) is 0 Å². The summed E-state index contributed by atoms with van der Waals surface area (Å²) in [6.45, 7) is 4.30. The number of aliphatic hydroxyl groups excluding tert-OH is 3. The minimum atomic E-state index is -3.83. The van der Waals surface area contributed by atoms with E-state index < -0.39 is 34.2 Å². The first-order chi connectivity index (χ1) is 10.2. The van der Waals surface area contributed by atoms with Gasteiger partial charge in [0.1, 0.15) is 4.90 Å². The molecule has 4 atom stereocenters. The highest BCUT2D eigenvalue weighted by atomic mass is 32.2. The van der Waals surface area contributed by atoms with Gasteiger partial charge in [0.2, 0.25) is 10.0 Å². The summed E-state index contributed by atoms with van der Waals surface area (Å²) in [4.78, 5) is 0.0160. The van der Waals surface area contributed by atoms with E-state index in [1.54, 1.807) is 4.68 Å². The first-order valence-corrected chi connectivity index (χ1v) is 8.74. The normalized spacial score (nSPS) is 29.4. The van der Waals surface area contributed by atoms with Crippen LogP contribution in [0.1, 0.15) is 20.3 Å². The van der Waals surface area contributed by atoms with Crippen LogP contribution in [-0.2, 0) is 16.6 Å². The molecular weight excluding hydrogens is 310 g/mol. The van der Waals surface area contributed by atoms with Crippen LogP contribution in [0.5, 0.6) is 0 Å². The lowest BCUT2D eigenvalue weighted by Crippen LogP contribution is -2.42. The highest BCUT2D eigenvalue weighted by Crippen LogP contribution is 2.27. The van der Waals surface area contributed by atoms with E-state index in [0.717, 1.165) is 0 Å². The Labute approximate surface area is 129 Å². The fourth-order valence-electron chi connectivity index (χ4n) is 2.65. The Bertz CT molecular complexity index is 601. The van der Waals surface area contributed by atoms with Crippen molar-refractivity contribution in [3.05, 3.63) is 12.4 Å². The molecule has 1 saturated carbocycles. The van der Waals surface area contributed by atoms with Gasteiger partial charge in [-0.3, -0.25) is 4.68 Å². The molecule has 4 N–H and O–H groups in total. The summed E-state index contributed by atoms with van der Waals surface area (Å²) in [7, 11) is -3.83. The molecule has 1 heterocycles. The maximum atomic E-state index is 12.3. The Hall–Kier alpha value is -1.00. The lowest BCUT2D eigenvalue weighted by atomic mass is 10.1. The van der Waals surface area contributed by atoms with Crippen LogP contribution < -0.4 is 4.72 Å². The van der Waals surface area contributed by atoms with Crippen LogP contribution in [0.4, 0.5) is 0 Å². The summed E-state index contributed by atoms with van der Waals surface area (Å²) in [5, 5.41) is 32.7. The van der Waals surface area contributed by atoms with Gasteiger partial charge in [-0.2, -0.15) is 5.10 Å². The molecule has 1 aromatic rings. The number of nitrogens with one attached hydrogen (secondary N) is 1. The van der Waals surface area contributed by atoms with Crippen molar-refractivity contribution in [3.63, 3.8) is 0 Å². The van der Waals surface area contributed by atoms with Gasteiger partial charge in [-0.15, -0.1) is 0 Å². The molecule has 0 bridgehead atoms. The molecule has 0 aliphatic heterocycles. The van der Waals surface area contributed by atoms with Crippen molar-refractivity contribution < 1.29 is 23.7 Å². The average molecular weight is 333 g/mol. The Balaban J connectivity index is 2.10. The second kappa shape index (κ2) is 6.63. The SMILES string of the molecule is CC(C)Cn1cc(S(=O)(=O)N[C@@H]2C[C@H](CO)[C@@H](O)[C@H]2O)cn1. The molecule has 22 heavy (non-hydrogen) atoms. The maximum Gasteiger partial charge on any atom is 0.244 e. The van der Waals surface area contributed by atoms with E-state index in [1.165, 1.54) is 12.4 Å². The lowest BCUT2D eigenvalue weighted by Gasteiger charge is -2.17. The molecule has 0 saturated heterocycles. The van der Waals surface area contributed by atoms with Crippen molar-refractivity contribution in [1.82, 2.24) is 14.5 Å². The summed E-state index contributed by atoms with van der Waals surface area (Å²) in [5.41, 5.74) is 0. The van der Waals surface area contributed by atoms with Gasteiger partial charge in [0.05, 0.1) is 24.4 Å². The molecule has 0 spiro atoms. The van der Waals surface area contributed by atoms with Crippen molar-refractivity contribution in [1.29, 1.82) is 0 Å². The van der Waals surface area contributed by atoms with Crippen LogP contribution in [-0.4, -0.2) is 58.4 Å². The summed E-state index contributed by atoms with van der Waals surface area (Å²) in [5.74, 6) is -0.202. The van der Waals surface area contributed by atoms with Crippen LogP contribution in [0, 0.1) is 11.8 Å². The van der Waals surface area contributed by atoms with Crippen LogP contribution in [0.25, 0.3) is 0 Å². The van der Waals surface area contributed by atoms with E-state index in [0.29, 0.717) is 12.5 Å². The Morgan fingerprint density at radius 3 is 2.64 bits per heavy atom. The van der Waals surface area contributed by atoms with Crippen molar-refractivity contribution >= 4 is 10.0 Å². The second-order valence-corrected chi connectivity index (χ2v) is 7.89. The molecule has 1 fully saturated rings. The lowest BCUT2D eigenvalue weighted by molar-refractivity contribution is 0.00172. The standard InChI is InChI=1S/C13H23N3O5S/c1-8(2)5-16-6-10(4-14-16)22(20,21)15-11-3-9(7-17)12(18)13(11)19/h4,6,8-9,11-13,15,17-19H,3,5,7H2,1-2H3/t9-,11-,12-,13+/m1/s1. The van der Waals surface area contributed by atoms with Crippen molar-refractivity contribution in [2.45, 2.75) is 50.0 Å². The van der Waals surface area contributed by atoms with Crippen LogP contribution in [0.3, 0.4) is 0 Å². The van der Waals surface area contributed by atoms with E-state index in [9.17, 15) is 18.6 Å². The molecule has 1 aliphatic carbocycles. The minimum absolute atomic E-state index is 0.0160. The largest absolute Gasteiger partial charge is 0.396 e. The molecule has 126 valence electrons. The van der Waals surface area contributed by atoms with Crippen LogP contribution in [0.15, 0.2) is 17.3 Å². The molecule has 0 radical (unpaired) electrons. The molecule has 0 amide bonds. The number of hydrogen-bond donors (Lipinski definition) is 4. The number of aliphatic hydroxyl groups is 3. The predicted molar refractivity (Wildman–Crippen MR) is 78.4 cm³/mol. The smallest absolute Gasteiger partial charge is 0.244 e. The molecule has 1 aromatic heterocycles. The summed E-state index contributed by atoms with van der Waals surface area (Å²) < 4.78 is 28.6. The number of sulfonamides is 1. The van der Waals surface area contributed by atoms with Crippen molar-refractivity contribution in [2.24, 2.45) is 11.8 Å². The minimum Gasteiger partial charge on any atom is -0.396 e. The van der Waals surface area contributed by atoms with E-state index >= 15 is 0 Å². The Morgan fingerprint density at radius 1 is 1.41 bits per heavy atom. The first-order valence-electron chi connectivity index (χ1n) is 7.26. The molecule has 1 aliphatic rings. The average Bonchev–Trinajstić information content (AvgIpc) is 2.98. The fraction of sp³-hybridized carbons (Fsp3) is 0.769. The highest BCUT2D eigenvalue weighted by Gasteiger charge is 2.42. The van der Waals surface area contributed by atoms with Gasteiger partial charge in [-0.1, -0.05) is 13.8 Å². The number of nitrogens with zero attached hydrogens (tertiary/aromatic N) is 2. The van der Waals surface area contributed by atoms with Gasteiger partial charge in [-0.05, 0) is 12.3 Å². The zero-order chi connectivity index (χ0) is 16.5. The molecule has 8 nitrogen and oxygen atoms in total. The third-order valence-electron chi connectivity index (χ3n) is 3.81. The van der Waals surface area contributed by atoms with Crippen molar-refractivity contribution in [3.8, 4) is 0 Å². The summed E-state index contributed by atoms with van der Waals surface area (Å²) >= 11 is 0. The third kappa shape index (κ3) is 3.66. The van der Waals surface area contributed by atoms with E-state index in [2.05, 4.69) is 9.82 Å². The number of rotatable bonds is 6. The quantitative estimate of drug-likeness (QED) is 0.525. The zero-order valence-corrected chi connectivity index (χ0v) is 13.4. The third-order valence-corrected chi connectivity index (χ3v) is 5.26. The second-order valence-electron chi connectivity index (χ2n) is 6.18. The molecule has 0 unspecified atom stereocenters. The topological polar surface area (TPSA) is 125 Å². The molecule has 0 aromatic carbocycles. The summed E-state index contributed by atoms with van der Waals surface area (Å²) in [6, 6.07) is -0.828. The Kier molecular flexibility index (Phi) is 5.23. The van der Waals surface area contributed by atoms with Gasteiger partial charge in [0, 0.05) is 25.3 Å². The van der Waals surface area contributed by atoms with Gasteiger partial charge in [0.15, 0.2) is 0 Å². The van der Waals surface area contributed by atoms with Gasteiger partial charge < -0.3 is 15.3 Å². The molecule has 9 heteroatoms. The highest BCUT2D eigenvalue weighted by molar-refractivity contribution is 7.89. The Morgan fingerprint density at radius 2 is 2.09 bits per heavy atom. The molecule has 2 rings (SSSR count). The number of hydrogen-bond acceptors (Lipinski definition) is 6. The van der Waals surface area contributed by atoms with Crippen molar-refractivity contribution in [2.75, 3.05) is 6.61 Å². The molecular formula is C13H23N3O5S. The zero-order valence-electron chi connectivity index (χ0n) is 12.6. The number of aromatic nitrogens is 2. The van der Waals surface area contributed by atoms with E-state index in [4.69, 9.17) is 5.11 Å². The van der Waals surface area contributed by atoms with Gasteiger partial charge in [-0.25, -0.2) is 13.1 Å². The van der Waals surface area contributed by atoms with E-state index in [1.807, 2.05) is 13.8 Å². The van der Waals surface area contributed by atoms with E-state index in [-0.39, 0.29) is 17.9 Å². The first kappa shape index (κ1) is 17.4. The van der Waals surface area contributed by atoms with Gasteiger partial charge in [0.25, 0.3) is 0 Å². The summed E-state index contributed by atoms with van der Waals surface area (Å²) in [6.07, 6.45) is 0.493. The van der Waals surface area contributed by atoms with Crippen LogP contribution >= 0.6 is 0 Å².